The van der Waals surface area contributed by atoms with Gasteiger partial charge in [-0.1, -0.05) is 0 Å². The van der Waals surface area contributed by atoms with Gasteiger partial charge < -0.3 is 5.73 Å². The number of nitrogen functional groups attached to an aromatic ring is 1. The van der Waals surface area contributed by atoms with E-state index in [-0.39, 0.29) is 11.4 Å². The number of anilines is 1. The average molecular weight is 251 g/mol. The van der Waals surface area contributed by atoms with Crippen molar-refractivity contribution in [2.24, 2.45) is 0 Å². The lowest BCUT2D eigenvalue weighted by molar-refractivity contribution is 0.623. The van der Waals surface area contributed by atoms with Crippen molar-refractivity contribution in [1.82, 2.24) is 9.97 Å². The second-order valence-corrected chi connectivity index (χ2v) is 4.83. The zero-order chi connectivity index (χ0) is 12.3. The maximum atomic E-state index is 13.1. The summed E-state index contributed by atoms with van der Waals surface area (Å²) < 4.78 is 25.0. The molecule has 1 atom stereocenters. The number of rotatable bonds is 3. The van der Waals surface area contributed by atoms with Gasteiger partial charge in [0.25, 0.3) is 0 Å². The molecule has 4 nitrogen and oxygen atoms in total. The van der Waals surface area contributed by atoms with E-state index in [4.69, 9.17) is 5.73 Å². The lowest BCUT2D eigenvalue weighted by Gasteiger charge is -2.03. The average Bonchev–Trinajstić information content (AvgIpc) is 2.29. The Hall–Kier alpha value is -1.82. The van der Waals surface area contributed by atoms with Crippen LogP contribution in [0.15, 0.2) is 41.6 Å². The van der Waals surface area contributed by atoms with Crippen LogP contribution in [0, 0.1) is 5.82 Å². The first-order valence-electron chi connectivity index (χ1n) is 4.85. The molecule has 1 unspecified atom stereocenters. The fourth-order valence-corrected chi connectivity index (χ4v) is 2.38. The van der Waals surface area contributed by atoms with Crippen LogP contribution in [0.5, 0.6) is 0 Å². The molecule has 2 rings (SSSR count). The molecular weight excluding hydrogens is 241 g/mol. The van der Waals surface area contributed by atoms with Crippen LogP contribution in [0.3, 0.4) is 0 Å². The van der Waals surface area contributed by atoms with E-state index >= 15 is 0 Å². The third-order valence-corrected chi connectivity index (χ3v) is 3.32. The van der Waals surface area contributed by atoms with Crippen molar-refractivity contribution in [1.29, 1.82) is 0 Å². The largest absolute Gasteiger partial charge is 0.399 e. The number of benzene rings is 1. The first-order valence-corrected chi connectivity index (χ1v) is 6.17. The van der Waals surface area contributed by atoms with E-state index in [1.165, 1.54) is 18.2 Å². The molecule has 2 N–H and O–H groups in total. The molecular formula is C11H10FN3OS. The third-order valence-electron chi connectivity index (χ3n) is 2.04. The molecule has 1 aromatic heterocycles. The zero-order valence-corrected chi connectivity index (χ0v) is 9.65. The van der Waals surface area contributed by atoms with Gasteiger partial charge in [0.05, 0.1) is 16.6 Å². The van der Waals surface area contributed by atoms with Crippen molar-refractivity contribution in [2.75, 3.05) is 5.73 Å². The van der Waals surface area contributed by atoms with Crippen molar-refractivity contribution in [3.8, 4) is 0 Å². The van der Waals surface area contributed by atoms with Crippen molar-refractivity contribution in [3.05, 3.63) is 48.3 Å². The van der Waals surface area contributed by atoms with Crippen molar-refractivity contribution in [3.63, 3.8) is 0 Å². The monoisotopic (exact) mass is 251 g/mol. The maximum absolute atomic E-state index is 13.1. The second-order valence-electron chi connectivity index (χ2n) is 3.38. The molecule has 0 aliphatic heterocycles. The minimum atomic E-state index is -1.40. The van der Waals surface area contributed by atoms with Crippen LogP contribution in [0.4, 0.5) is 10.1 Å². The van der Waals surface area contributed by atoms with E-state index in [0.29, 0.717) is 10.7 Å². The number of hydrogen-bond donors (Lipinski definition) is 1. The Morgan fingerprint density at radius 3 is 2.59 bits per heavy atom. The maximum Gasteiger partial charge on any atom is 0.141 e. The minimum Gasteiger partial charge on any atom is -0.399 e. The molecule has 17 heavy (non-hydrogen) atoms. The summed E-state index contributed by atoms with van der Waals surface area (Å²) in [5.74, 6) is 0.0972. The first-order chi connectivity index (χ1) is 8.15. The SMILES string of the molecule is Nc1cc(F)cc(S(=O)Cc2ncccn2)c1. The number of hydrogen-bond acceptors (Lipinski definition) is 4. The molecule has 0 fully saturated rings. The van der Waals surface area contributed by atoms with Crippen LogP contribution in [0.1, 0.15) is 5.82 Å². The summed E-state index contributed by atoms with van der Waals surface area (Å²) in [6.45, 7) is 0. The van der Waals surface area contributed by atoms with Gasteiger partial charge in [0, 0.05) is 23.0 Å². The van der Waals surface area contributed by atoms with Crippen LogP contribution in [-0.4, -0.2) is 14.2 Å². The van der Waals surface area contributed by atoms with E-state index in [2.05, 4.69) is 9.97 Å². The minimum absolute atomic E-state index is 0.143. The summed E-state index contributed by atoms with van der Waals surface area (Å²) in [6.07, 6.45) is 3.14. The van der Waals surface area contributed by atoms with Gasteiger partial charge in [-0.3, -0.25) is 4.21 Å². The van der Waals surface area contributed by atoms with Gasteiger partial charge in [-0.15, -0.1) is 0 Å². The van der Waals surface area contributed by atoms with Crippen molar-refractivity contribution >= 4 is 16.5 Å². The Morgan fingerprint density at radius 1 is 1.24 bits per heavy atom. The van der Waals surface area contributed by atoms with E-state index in [1.54, 1.807) is 18.5 Å². The van der Waals surface area contributed by atoms with E-state index in [0.717, 1.165) is 0 Å². The van der Waals surface area contributed by atoms with Crippen LogP contribution >= 0.6 is 0 Å². The Kier molecular flexibility index (Phi) is 3.43. The fraction of sp³-hybridized carbons (Fsp3) is 0.0909. The highest BCUT2D eigenvalue weighted by molar-refractivity contribution is 7.84. The van der Waals surface area contributed by atoms with Crippen molar-refractivity contribution < 1.29 is 8.60 Å². The molecule has 0 radical (unpaired) electrons. The number of halogens is 1. The van der Waals surface area contributed by atoms with Gasteiger partial charge in [-0.2, -0.15) is 0 Å². The quantitative estimate of drug-likeness (QED) is 0.839. The second kappa shape index (κ2) is 5.01. The van der Waals surface area contributed by atoms with Gasteiger partial charge in [0.15, 0.2) is 0 Å². The summed E-state index contributed by atoms with van der Waals surface area (Å²) in [4.78, 5) is 8.26. The first kappa shape index (κ1) is 11.7. The summed E-state index contributed by atoms with van der Waals surface area (Å²) in [7, 11) is -1.40. The molecule has 0 aliphatic carbocycles. The van der Waals surface area contributed by atoms with Gasteiger partial charge in [0.1, 0.15) is 11.6 Å². The molecule has 0 spiro atoms. The smallest absolute Gasteiger partial charge is 0.141 e. The van der Waals surface area contributed by atoms with Crippen LogP contribution in [-0.2, 0) is 16.6 Å². The molecule has 0 bridgehead atoms. The number of nitrogens with zero attached hydrogens (tertiary/aromatic N) is 2. The molecule has 0 amide bonds. The lowest BCUT2D eigenvalue weighted by Crippen LogP contribution is -2.02. The Morgan fingerprint density at radius 2 is 1.94 bits per heavy atom. The summed E-state index contributed by atoms with van der Waals surface area (Å²) in [5.41, 5.74) is 5.74. The standard InChI is InChI=1S/C11H10FN3OS/c12-8-4-9(13)6-10(5-8)17(16)7-11-14-2-1-3-15-11/h1-6H,7,13H2. The lowest BCUT2D eigenvalue weighted by atomic mass is 10.3. The highest BCUT2D eigenvalue weighted by atomic mass is 32.2. The van der Waals surface area contributed by atoms with E-state index in [9.17, 15) is 8.60 Å². The van der Waals surface area contributed by atoms with Gasteiger partial charge in [-0.25, -0.2) is 14.4 Å². The highest BCUT2D eigenvalue weighted by Gasteiger charge is 2.09. The summed E-state index contributed by atoms with van der Waals surface area (Å²) >= 11 is 0. The van der Waals surface area contributed by atoms with Crippen LogP contribution < -0.4 is 5.73 Å². The van der Waals surface area contributed by atoms with Gasteiger partial charge in [0.2, 0.25) is 0 Å². The topological polar surface area (TPSA) is 68.9 Å². The molecule has 0 saturated heterocycles. The summed E-state index contributed by atoms with van der Waals surface area (Å²) in [6, 6.07) is 5.55. The van der Waals surface area contributed by atoms with Crippen molar-refractivity contribution in [2.45, 2.75) is 10.6 Å². The highest BCUT2D eigenvalue weighted by Crippen LogP contribution is 2.16. The Bertz CT molecular complexity index is 527. The normalized spacial score (nSPS) is 12.3. The number of nitrogens with two attached hydrogens (primary N) is 1. The third kappa shape index (κ3) is 3.07. The van der Waals surface area contributed by atoms with Gasteiger partial charge in [-0.05, 0) is 24.3 Å². The Balaban J connectivity index is 2.20. The van der Waals surface area contributed by atoms with Crippen LogP contribution in [0.2, 0.25) is 0 Å². The fourth-order valence-electron chi connectivity index (χ4n) is 1.32. The van der Waals surface area contributed by atoms with E-state index in [1.807, 2.05) is 0 Å². The van der Waals surface area contributed by atoms with E-state index < -0.39 is 16.6 Å². The number of aromatic nitrogens is 2. The molecule has 1 aromatic carbocycles. The molecule has 0 aliphatic rings. The molecule has 0 saturated carbocycles. The predicted molar refractivity (Wildman–Crippen MR) is 63.0 cm³/mol. The predicted octanol–water partition coefficient (Wildman–Crippen LogP) is 1.51. The summed E-state index contributed by atoms with van der Waals surface area (Å²) in [5, 5.41) is 0. The molecule has 2 aromatic rings. The van der Waals surface area contributed by atoms with Gasteiger partial charge >= 0.3 is 0 Å². The zero-order valence-electron chi connectivity index (χ0n) is 8.84. The molecule has 88 valence electrons. The molecule has 6 heteroatoms. The molecule has 1 heterocycles. The van der Waals surface area contributed by atoms with Crippen LogP contribution in [0.25, 0.3) is 0 Å². The Labute approximate surface area is 100 Å².